The van der Waals surface area contributed by atoms with Crippen molar-refractivity contribution in [3.63, 3.8) is 0 Å². The Labute approximate surface area is 109 Å². The zero-order valence-corrected chi connectivity index (χ0v) is 10.7. The number of nitrogens with zero attached hydrogens (tertiary/aromatic N) is 2. The Balaban J connectivity index is 2.02. The van der Waals surface area contributed by atoms with Crippen molar-refractivity contribution in [1.29, 1.82) is 0 Å². The van der Waals surface area contributed by atoms with E-state index in [0.717, 1.165) is 16.3 Å². The second kappa shape index (κ2) is 5.59. The van der Waals surface area contributed by atoms with Crippen LogP contribution in [0.3, 0.4) is 0 Å². The molecule has 0 aliphatic carbocycles. The molecule has 0 bridgehead atoms. The van der Waals surface area contributed by atoms with E-state index in [0.29, 0.717) is 11.6 Å². The van der Waals surface area contributed by atoms with Crippen molar-refractivity contribution in [2.75, 3.05) is 5.32 Å². The monoisotopic (exact) mass is 263 g/mol. The summed E-state index contributed by atoms with van der Waals surface area (Å²) in [4.78, 5) is 10.5. The summed E-state index contributed by atoms with van der Waals surface area (Å²) in [6.07, 6.45) is 0.501. The fourth-order valence-electron chi connectivity index (χ4n) is 1.45. The summed E-state index contributed by atoms with van der Waals surface area (Å²) in [5, 5.41) is 21.1. The van der Waals surface area contributed by atoms with Gasteiger partial charge < -0.3 is 10.4 Å². The highest BCUT2D eigenvalue weighted by atomic mass is 32.1. The largest absolute Gasteiger partial charge is 0.481 e. The zero-order chi connectivity index (χ0) is 13.0. The van der Waals surface area contributed by atoms with Crippen LogP contribution in [0, 0.1) is 6.92 Å². The lowest BCUT2D eigenvalue weighted by atomic mass is 10.2. The van der Waals surface area contributed by atoms with Crippen LogP contribution in [-0.2, 0) is 11.2 Å². The van der Waals surface area contributed by atoms with E-state index in [1.54, 1.807) is 0 Å². The first kappa shape index (κ1) is 12.5. The molecule has 18 heavy (non-hydrogen) atoms. The molecule has 0 saturated carbocycles. The lowest BCUT2D eigenvalue weighted by molar-refractivity contribution is -0.136. The first-order chi connectivity index (χ1) is 8.65. The second-order valence-corrected chi connectivity index (χ2v) is 4.90. The maximum Gasteiger partial charge on any atom is 0.303 e. The standard InChI is InChI=1S/C12H13N3O2S/c1-8-4-2-3-5-9(8)13-12-15-14-10(18-12)6-7-11(16)17/h2-5H,6-7H2,1H3,(H,13,15)(H,16,17). The van der Waals surface area contributed by atoms with Crippen molar-refractivity contribution in [1.82, 2.24) is 10.2 Å². The van der Waals surface area contributed by atoms with Crippen LogP contribution < -0.4 is 5.32 Å². The molecule has 2 rings (SSSR count). The number of hydrogen-bond donors (Lipinski definition) is 2. The molecule has 0 radical (unpaired) electrons. The Hall–Kier alpha value is -1.95. The number of para-hydroxylation sites is 1. The molecular weight excluding hydrogens is 250 g/mol. The van der Waals surface area contributed by atoms with Crippen LogP contribution in [0.5, 0.6) is 0 Å². The number of nitrogens with one attached hydrogen (secondary N) is 1. The topological polar surface area (TPSA) is 75.1 Å². The third-order valence-corrected chi connectivity index (χ3v) is 3.30. The van der Waals surface area contributed by atoms with Gasteiger partial charge in [0, 0.05) is 12.1 Å². The van der Waals surface area contributed by atoms with Gasteiger partial charge in [0.05, 0.1) is 6.42 Å². The molecule has 2 N–H and O–H groups in total. The van der Waals surface area contributed by atoms with E-state index in [9.17, 15) is 4.79 Å². The van der Waals surface area contributed by atoms with Crippen LogP contribution in [0.2, 0.25) is 0 Å². The fourth-order valence-corrected chi connectivity index (χ4v) is 2.20. The number of rotatable bonds is 5. The van der Waals surface area contributed by atoms with Crippen LogP contribution in [0.25, 0.3) is 0 Å². The number of benzene rings is 1. The van der Waals surface area contributed by atoms with Crippen LogP contribution >= 0.6 is 11.3 Å². The number of aromatic nitrogens is 2. The lowest BCUT2D eigenvalue weighted by Crippen LogP contribution is -1.96. The molecule has 1 aromatic carbocycles. The SMILES string of the molecule is Cc1ccccc1Nc1nnc(CCC(=O)O)s1. The summed E-state index contributed by atoms with van der Waals surface area (Å²) in [6, 6.07) is 7.89. The molecule has 2 aromatic rings. The van der Waals surface area contributed by atoms with E-state index in [4.69, 9.17) is 5.11 Å². The molecule has 0 fully saturated rings. The molecule has 1 heterocycles. The van der Waals surface area contributed by atoms with Gasteiger partial charge in [-0.25, -0.2) is 0 Å². The predicted octanol–water partition coefficient (Wildman–Crippen LogP) is 2.61. The molecule has 5 nitrogen and oxygen atoms in total. The summed E-state index contributed by atoms with van der Waals surface area (Å²) in [6.45, 7) is 2.01. The number of hydrogen-bond acceptors (Lipinski definition) is 5. The van der Waals surface area contributed by atoms with Crippen LogP contribution in [0.15, 0.2) is 24.3 Å². The van der Waals surface area contributed by atoms with E-state index < -0.39 is 5.97 Å². The Morgan fingerprint density at radius 3 is 2.89 bits per heavy atom. The Bertz CT molecular complexity index is 554. The van der Waals surface area contributed by atoms with Gasteiger partial charge in [-0.05, 0) is 18.6 Å². The average Bonchev–Trinajstić information content (AvgIpc) is 2.77. The summed E-state index contributed by atoms with van der Waals surface area (Å²) < 4.78 is 0. The van der Waals surface area contributed by atoms with Gasteiger partial charge in [0.2, 0.25) is 5.13 Å². The number of carbonyl (C=O) groups is 1. The van der Waals surface area contributed by atoms with E-state index in [1.165, 1.54) is 11.3 Å². The molecule has 0 saturated heterocycles. The van der Waals surface area contributed by atoms with E-state index in [1.807, 2.05) is 31.2 Å². The van der Waals surface area contributed by atoms with Gasteiger partial charge in [-0.3, -0.25) is 4.79 Å². The van der Waals surface area contributed by atoms with E-state index in [-0.39, 0.29) is 6.42 Å². The van der Waals surface area contributed by atoms with Gasteiger partial charge in [0.15, 0.2) is 0 Å². The molecule has 94 valence electrons. The average molecular weight is 263 g/mol. The van der Waals surface area contributed by atoms with E-state index in [2.05, 4.69) is 15.5 Å². The minimum atomic E-state index is -0.821. The highest BCUT2D eigenvalue weighted by Crippen LogP contribution is 2.23. The summed E-state index contributed by atoms with van der Waals surface area (Å²) in [5.74, 6) is -0.821. The summed E-state index contributed by atoms with van der Waals surface area (Å²) in [5.41, 5.74) is 2.11. The van der Waals surface area contributed by atoms with Crippen molar-refractivity contribution >= 4 is 28.1 Å². The van der Waals surface area contributed by atoms with Crippen molar-refractivity contribution in [3.05, 3.63) is 34.8 Å². The first-order valence-corrected chi connectivity index (χ1v) is 6.33. The van der Waals surface area contributed by atoms with Gasteiger partial charge in [-0.1, -0.05) is 29.5 Å². The quantitative estimate of drug-likeness (QED) is 0.867. The normalized spacial score (nSPS) is 10.3. The van der Waals surface area contributed by atoms with Gasteiger partial charge in [-0.2, -0.15) is 0 Å². The number of carboxylic acid groups (broad SMARTS) is 1. The minimum absolute atomic E-state index is 0.0823. The first-order valence-electron chi connectivity index (χ1n) is 5.52. The Morgan fingerprint density at radius 2 is 2.17 bits per heavy atom. The molecule has 0 aliphatic heterocycles. The molecular formula is C12H13N3O2S. The molecule has 0 spiro atoms. The van der Waals surface area contributed by atoms with Crippen molar-refractivity contribution in [2.45, 2.75) is 19.8 Å². The molecule has 6 heteroatoms. The molecule has 0 unspecified atom stereocenters. The number of carboxylic acids is 1. The molecule has 0 amide bonds. The van der Waals surface area contributed by atoms with Gasteiger partial charge in [0.1, 0.15) is 5.01 Å². The van der Waals surface area contributed by atoms with Crippen LogP contribution in [0.4, 0.5) is 10.8 Å². The maximum absolute atomic E-state index is 10.5. The Morgan fingerprint density at radius 1 is 1.39 bits per heavy atom. The summed E-state index contributed by atoms with van der Waals surface area (Å²) >= 11 is 1.38. The molecule has 0 atom stereocenters. The number of aryl methyl sites for hydroxylation is 2. The van der Waals surface area contributed by atoms with Crippen LogP contribution in [0.1, 0.15) is 17.0 Å². The third kappa shape index (κ3) is 3.27. The van der Waals surface area contributed by atoms with Crippen molar-refractivity contribution in [3.8, 4) is 0 Å². The zero-order valence-electron chi connectivity index (χ0n) is 9.88. The lowest BCUT2D eigenvalue weighted by Gasteiger charge is -2.04. The maximum atomic E-state index is 10.5. The molecule has 0 aliphatic rings. The van der Waals surface area contributed by atoms with Gasteiger partial charge in [-0.15, -0.1) is 10.2 Å². The predicted molar refractivity (Wildman–Crippen MR) is 70.3 cm³/mol. The van der Waals surface area contributed by atoms with Gasteiger partial charge in [0.25, 0.3) is 0 Å². The van der Waals surface area contributed by atoms with E-state index >= 15 is 0 Å². The third-order valence-electron chi connectivity index (χ3n) is 2.41. The number of anilines is 2. The fraction of sp³-hybridized carbons (Fsp3) is 0.250. The van der Waals surface area contributed by atoms with Gasteiger partial charge >= 0.3 is 5.97 Å². The highest BCUT2D eigenvalue weighted by molar-refractivity contribution is 7.15. The van der Waals surface area contributed by atoms with Crippen molar-refractivity contribution in [2.24, 2.45) is 0 Å². The summed E-state index contributed by atoms with van der Waals surface area (Å²) in [7, 11) is 0. The van der Waals surface area contributed by atoms with Crippen LogP contribution in [-0.4, -0.2) is 21.3 Å². The smallest absolute Gasteiger partial charge is 0.303 e. The Kier molecular flexibility index (Phi) is 3.88. The number of aliphatic carboxylic acids is 1. The second-order valence-electron chi connectivity index (χ2n) is 3.83. The molecule has 1 aromatic heterocycles. The highest BCUT2D eigenvalue weighted by Gasteiger charge is 2.07. The van der Waals surface area contributed by atoms with Crippen molar-refractivity contribution < 1.29 is 9.90 Å². The minimum Gasteiger partial charge on any atom is -0.481 e.